The van der Waals surface area contributed by atoms with Crippen LogP contribution in [0.5, 0.6) is 11.5 Å². The highest BCUT2D eigenvalue weighted by molar-refractivity contribution is 5.92. The number of rotatable bonds is 5. The number of anilines is 2. The number of nitrogens with one attached hydrogen (secondary N) is 2. The molecule has 0 saturated heterocycles. The van der Waals surface area contributed by atoms with Crippen LogP contribution in [0.4, 0.5) is 16.0 Å². The van der Waals surface area contributed by atoms with E-state index in [-0.39, 0.29) is 17.4 Å². The van der Waals surface area contributed by atoms with Gasteiger partial charge in [-0.1, -0.05) is 6.07 Å². The Kier molecular flexibility index (Phi) is 4.98. The van der Waals surface area contributed by atoms with Crippen molar-refractivity contribution >= 4 is 28.4 Å². The predicted octanol–water partition coefficient (Wildman–Crippen LogP) is 4.06. The molecular weight excluding hydrogens is 373 g/mol. The van der Waals surface area contributed by atoms with Crippen molar-refractivity contribution in [2.45, 2.75) is 0 Å². The molecule has 0 unspecified atom stereocenters. The Morgan fingerprint density at radius 3 is 2.72 bits per heavy atom. The average Bonchev–Trinajstić information content (AvgIpc) is 2.73. The summed E-state index contributed by atoms with van der Waals surface area (Å²) in [7, 11) is 1.54. The molecule has 0 bridgehead atoms. The van der Waals surface area contributed by atoms with E-state index in [9.17, 15) is 9.18 Å². The van der Waals surface area contributed by atoms with Crippen LogP contribution >= 0.6 is 0 Å². The zero-order valence-electron chi connectivity index (χ0n) is 15.4. The molecule has 4 rings (SSSR count). The number of ether oxygens (including phenoxy) is 1. The van der Waals surface area contributed by atoms with Crippen LogP contribution < -0.4 is 15.4 Å². The largest absolute Gasteiger partial charge is 0.457 e. The van der Waals surface area contributed by atoms with E-state index < -0.39 is 0 Å². The van der Waals surface area contributed by atoms with Gasteiger partial charge in [0.2, 0.25) is 5.95 Å². The summed E-state index contributed by atoms with van der Waals surface area (Å²) in [5.74, 6) is 0.791. The topological polar surface area (TPSA) is 89.0 Å². The van der Waals surface area contributed by atoms with Crippen LogP contribution in [-0.4, -0.2) is 27.9 Å². The lowest BCUT2D eigenvalue weighted by atomic mass is 10.2. The molecule has 29 heavy (non-hydrogen) atoms. The van der Waals surface area contributed by atoms with Gasteiger partial charge in [0.25, 0.3) is 5.91 Å². The second kappa shape index (κ2) is 7.89. The van der Waals surface area contributed by atoms with E-state index in [4.69, 9.17) is 4.74 Å². The summed E-state index contributed by atoms with van der Waals surface area (Å²) in [6.45, 7) is 0. The minimum atomic E-state index is -0.340. The van der Waals surface area contributed by atoms with E-state index in [1.54, 1.807) is 48.7 Å². The van der Waals surface area contributed by atoms with Gasteiger partial charge in [0.1, 0.15) is 23.0 Å². The zero-order chi connectivity index (χ0) is 20.2. The summed E-state index contributed by atoms with van der Waals surface area (Å²) in [6, 6.07) is 14.7. The fourth-order valence-electron chi connectivity index (χ4n) is 2.69. The van der Waals surface area contributed by atoms with E-state index >= 15 is 0 Å². The molecule has 144 valence electrons. The maximum absolute atomic E-state index is 13.3. The van der Waals surface area contributed by atoms with Crippen LogP contribution in [0.25, 0.3) is 10.9 Å². The molecule has 2 heterocycles. The second-order valence-electron chi connectivity index (χ2n) is 6.11. The summed E-state index contributed by atoms with van der Waals surface area (Å²) >= 11 is 0. The van der Waals surface area contributed by atoms with Crippen molar-refractivity contribution in [1.82, 2.24) is 20.3 Å². The monoisotopic (exact) mass is 389 g/mol. The number of amides is 1. The quantitative estimate of drug-likeness (QED) is 0.535. The first kappa shape index (κ1) is 18.3. The molecule has 0 atom stereocenters. The molecular formula is C21H16FN5O2. The summed E-state index contributed by atoms with van der Waals surface area (Å²) in [5.41, 5.74) is 1.53. The van der Waals surface area contributed by atoms with Gasteiger partial charge in [0.15, 0.2) is 0 Å². The molecule has 2 aromatic carbocycles. The van der Waals surface area contributed by atoms with E-state index in [2.05, 4.69) is 25.6 Å². The smallest absolute Gasteiger partial charge is 0.269 e. The standard InChI is InChI=1S/C21H16FN5O2/c1-23-20(28)19-11-17(7-8-24-19)29-16-5-6-18-13(9-16)12-25-21(27-18)26-15-4-2-3-14(22)10-15/h2-12H,1H3,(H,23,28)(H,25,26,27). The zero-order valence-corrected chi connectivity index (χ0v) is 15.4. The molecule has 2 aromatic heterocycles. The molecule has 2 N–H and O–H groups in total. The lowest BCUT2D eigenvalue weighted by Gasteiger charge is -2.09. The summed E-state index contributed by atoms with van der Waals surface area (Å²) in [4.78, 5) is 24.4. The third kappa shape index (κ3) is 4.27. The van der Waals surface area contributed by atoms with Gasteiger partial charge < -0.3 is 15.4 Å². The normalized spacial score (nSPS) is 10.6. The van der Waals surface area contributed by atoms with Crippen molar-refractivity contribution < 1.29 is 13.9 Å². The second-order valence-corrected chi connectivity index (χ2v) is 6.11. The predicted molar refractivity (Wildman–Crippen MR) is 107 cm³/mol. The molecule has 8 heteroatoms. The Morgan fingerprint density at radius 2 is 1.90 bits per heavy atom. The van der Waals surface area contributed by atoms with Crippen molar-refractivity contribution in [1.29, 1.82) is 0 Å². The van der Waals surface area contributed by atoms with Gasteiger partial charge >= 0.3 is 0 Å². The first-order valence-corrected chi connectivity index (χ1v) is 8.76. The van der Waals surface area contributed by atoms with Crippen molar-refractivity contribution in [3.8, 4) is 11.5 Å². The molecule has 0 spiro atoms. The first-order valence-electron chi connectivity index (χ1n) is 8.76. The van der Waals surface area contributed by atoms with E-state index in [1.165, 1.54) is 25.4 Å². The maximum Gasteiger partial charge on any atom is 0.269 e. The highest BCUT2D eigenvalue weighted by Gasteiger charge is 2.08. The molecule has 0 fully saturated rings. The van der Waals surface area contributed by atoms with E-state index in [1.807, 2.05) is 0 Å². The Bertz CT molecular complexity index is 1200. The van der Waals surface area contributed by atoms with Crippen LogP contribution in [0.15, 0.2) is 67.0 Å². The number of benzene rings is 2. The molecule has 0 aliphatic rings. The molecule has 0 saturated carbocycles. The average molecular weight is 389 g/mol. The minimum Gasteiger partial charge on any atom is -0.457 e. The molecule has 0 aliphatic heterocycles. The van der Waals surface area contributed by atoms with Gasteiger partial charge in [0.05, 0.1) is 5.52 Å². The van der Waals surface area contributed by atoms with Crippen LogP contribution in [0, 0.1) is 5.82 Å². The lowest BCUT2D eigenvalue weighted by Crippen LogP contribution is -2.18. The first-order chi connectivity index (χ1) is 14.1. The summed E-state index contributed by atoms with van der Waals surface area (Å²) in [5, 5.41) is 6.27. The number of pyridine rings is 1. The fourth-order valence-corrected chi connectivity index (χ4v) is 2.69. The number of halogens is 1. The van der Waals surface area contributed by atoms with Crippen molar-refractivity contribution in [2.75, 3.05) is 12.4 Å². The van der Waals surface area contributed by atoms with Crippen molar-refractivity contribution in [3.05, 3.63) is 78.5 Å². The molecule has 0 aliphatic carbocycles. The van der Waals surface area contributed by atoms with Gasteiger partial charge in [-0.2, -0.15) is 0 Å². The number of aromatic nitrogens is 3. The third-order valence-corrected chi connectivity index (χ3v) is 4.06. The maximum atomic E-state index is 13.3. The van der Waals surface area contributed by atoms with E-state index in [0.717, 1.165) is 5.39 Å². The molecule has 4 aromatic rings. The number of fused-ring (bicyclic) bond motifs is 1. The lowest BCUT2D eigenvalue weighted by molar-refractivity contribution is 0.0958. The van der Waals surface area contributed by atoms with Crippen LogP contribution in [0.2, 0.25) is 0 Å². The van der Waals surface area contributed by atoms with Gasteiger partial charge in [-0.15, -0.1) is 0 Å². The SMILES string of the molecule is CNC(=O)c1cc(Oc2ccc3nc(Nc4cccc(F)c4)ncc3c2)ccn1. The number of nitrogens with zero attached hydrogens (tertiary/aromatic N) is 3. The van der Waals surface area contributed by atoms with Gasteiger partial charge in [0, 0.05) is 36.6 Å². The van der Waals surface area contributed by atoms with Gasteiger partial charge in [-0.3, -0.25) is 9.78 Å². The van der Waals surface area contributed by atoms with E-state index in [0.29, 0.717) is 28.7 Å². The van der Waals surface area contributed by atoms with Gasteiger partial charge in [-0.25, -0.2) is 14.4 Å². The fraction of sp³-hybridized carbons (Fsp3) is 0.0476. The highest BCUT2D eigenvalue weighted by atomic mass is 19.1. The molecule has 1 amide bonds. The van der Waals surface area contributed by atoms with Crippen LogP contribution in [-0.2, 0) is 0 Å². The number of carbonyl (C=O) groups is 1. The summed E-state index contributed by atoms with van der Waals surface area (Å²) in [6.07, 6.45) is 3.16. The Balaban J connectivity index is 1.55. The number of hydrogen-bond acceptors (Lipinski definition) is 6. The van der Waals surface area contributed by atoms with Gasteiger partial charge in [-0.05, 0) is 42.5 Å². The number of hydrogen-bond donors (Lipinski definition) is 2. The Labute approximate surface area is 165 Å². The van der Waals surface area contributed by atoms with Crippen LogP contribution in [0.1, 0.15) is 10.5 Å². The minimum absolute atomic E-state index is 0.266. The van der Waals surface area contributed by atoms with Crippen molar-refractivity contribution in [3.63, 3.8) is 0 Å². The Hall–Kier alpha value is -4.07. The Morgan fingerprint density at radius 1 is 1.03 bits per heavy atom. The van der Waals surface area contributed by atoms with Crippen molar-refractivity contribution in [2.24, 2.45) is 0 Å². The highest BCUT2D eigenvalue weighted by Crippen LogP contribution is 2.26. The third-order valence-electron chi connectivity index (χ3n) is 4.06. The van der Waals surface area contributed by atoms with Crippen LogP contribution in [0.3, 0.4) is 0 Å². The molecule has 7 nitrogen and oxygen atoms in total. The number of carbonyl (C=O) groups excluding carboxylic acids is 1. The summed E-state index contributed by atoms with van der Waals surface area (Å²) < 4.78 is 19.1. The molecule has 0 radical (unpaired) electrons.